The van der Waals surface area contributed by atoms with Crippen LogP contribution in [0.15, 0.2) is 78.3 Å². The van der Waals surface area contributed by atoms with Crippen LogP contribution in [-0.2, 0) is 57.6 Å². The lowest BCUT2D eigenvalue weighted by Gasteiger charge is -2.27. The number of aliphatic carboxylic acids is 2. The minimum Gasteiger partial charge on any atom is -0.481 e. The van der Waals surface area contributed by atoms with E-state index in [1.165, 1.54) is 24.3 Å². The Morgan fingerprint density at radius 2 is 1.28 bits per heavy atom. The van der Waals surface area contributed by atoms with Gasteiger partial charge in [-0.15, -0.1) is 0 Å². The summed E-state index contributed by atoms with van der Waals surface area (Å²) >= 11 is 1.46. The van der Waals surface area contributed by atoms with Crippen LogP contribution in [0, 0.1) is 0 Å². The summed E-state index contributed by atoms with van der Waals surface area (Å²) in [5, 5.41) is 35.0. The van der Waals surface area contributed by atoms with Crippen LogP contribution in [0.25, 0.3) is 10.9 Å². The van der Waals surface area contributed by atoms with E-state index in [2.05, 4.69) is 51.8 Å². The predicted molar refractivity (Wildman–Crippen MR) is 252 cm³/mol. The van der Waals surface area contributed by atoms with Crippen LogP contribution in [0.5, 0.6) is 0 Å². The number of carbonyl (C=O) groups excluding carboxylic acids is 6. The van der Waals surface area contributed by atoms with Crippen LogP contribution >= 0.6 is 11.8 Å². The number of carboxylic acid groups (broad SMARTS) is 2. The number of para-hydroxylation sites is 1. The Balaban J connectivity index is 1.64. The quantitative estimate of drug-likeness (QED) is 0.0168. The lowest BCUT2D eigenvalue weighted by Crippen LogP contribution is -2.60. The molecule has 23 nitrogen and oxygen atoms in total. The van der Waals surface area contributed by atoms with Crippen molar-refractivity contribution in [1.29, 1.82) is 0 Å². The van der Waals surface area contributed by atoms with Gasteiger partial charge in [-0.2, -0.15) is 11.8 Å². The Hall–Kier alpha value is -7.47. The second-order valence-electron chi connectivity index (χ2n) is 15.7. The summed E-state index contributed by atoms with van der Waals surface area (Å²) < 4.78 is 0. The van der Waals surface area contributed by atoms with Crippen molar-refractivity contribution in [2.45, 2.75) is 87.6 Å². The summed E-state index contributed by atoms with van der Waals surface area (Å²) in [6.45, 7) is -0.679. The van der Waals surface area contributed by atoms with Gasteiger partial charge < -0.3 is 69.3 Å². The van der Waals surface area contributed by atoms with Crippen molar-refractivity contribution in [3.05, 3.63) is 90.1 Å². The van der Waals surface area contributed by atoms with Gasteiger partial charge in [-0.25, -0.2) is 4.98 Å². The fourth-order valence-electron chi connectivity index (χ4n) is 6.95. The fourth-order valence-corrected chi connectivity index (χ4v) is 7.44. The largest absolute Gasteiger partial charge is 0.481 e. The Morgan fingerprint density at radius 3 is 1.90 bits per heavy atom. The number of carboxylic acids is 2. The second kappa shape index (κ2) is 27.2. The number of guanidine groups is 1. The Kier molecular flexibility index (Phi) is 21.3. The summed E-state index contributed by atoms with van der Waals surface area (Å²) in [5.74, 6) is -7.15. The summed E-state index contributed by atoms with van der Waals surface area (Å²) in [6, 6.07) is 7.90. The normalized spacial score (nSPS) is 13.6. The number of nitrogens with one attached hydrogen (secondary N) is 8. The first-order chi connectivity index (χ1) is 32.5. The molecule has 0 fully saturated rings. The molecule has 366 valence electrons. The Morgan fingerprint density at radius 1 is 0.691 bits per heavy atom. The molecule has 0 bridgehead atoms. The molecule has 2 aromatic heterocycles. The van der Waals surface area contributed by atoms with Crippen LogP contribution in [0.1, 0.15) is 48.9 Å². The van der Waals surface area contributed by atoms with Gasteiger partial charge in [-0.1, -0.05) is 48.5 Å². The van der Waals surface area contributed by atoms with Crippen molar-refractivity contribution in [2.75, 3.05) is 25.1 Å². The maximum Gasteiger partial charge on any atom is 0.322 e. The number of hydrogen-bond acceptors (Lipinski definition) is 12. The van der Waals surface area contributed by atoms with Crippen LogP contribution in [0.3, 0.4) is 0 Å². The Bertz CT molecular complexity index is 2360. The number of aromatic amines is 2. The van der Waals surface area contributed by atoms with Crippen LogP contribution in [0.4, 0.5) is 0 Å². The first kappa shape index (κ1) is 53.1. The fraction of sp³-hybridized carbons (Fsp3) is 0.409. The van der Waals surface area contributed by atoms with Gasteiger partial charge in [0, 0.05) is 61.2 Å². The third-order valence-corrected chi connectivity index (χ3v) is 11.1. The highest BCUT2D eigenvalue weighted by atomic mass is 32.2. The van der Waals surface area contributed by atoms with Gasteiger partial charge in [-0.3, -0.25) is 43.3 Å². The minimum atomic E-state index is -1.43. The zero-order valence-electron chi connectivity index (χ0n) is 37.4. The highest BCUT2D eigenvalue weighted by Gasteiger charge is 2.34. The number of carbonyl (C=O) groups is 8. The number of aromatic nitrogens is 3. The molecule has 2 heterocycles. The van der Waals surface area contributed by atoms with Crippen molar-refractivity contribution < 1.29 is 48.6 Å². The van der Waals surface area contributed by atoms with Gasteiger partial charge in [0.1, 0.15) is 36.8 Å². The number of imidazole rings is 1. The molecule has 0 aliphatic rings. The predicted octanol–water partition coefficient (Wildman–Crippen LogP) is -1.46. The molecule has 0 aliphatic heterocycles. The SMILES string of the molecule is CSCC[C@H](N)C(=O)N[C@H](CCC(=O)O)C(=O)N[C@H](Cc1cnc[nH]1)C(=O)N[C@H](Cc1ccccc1)C(=O)N[C@@H](CCCN=C(N)N)C(=O)N[C@H](Cc1c[nH]c2ccccc12)C(=O)NCC(=O)O. The average molecular weight is 962 g/mol. The van der Waals surface area contributed by atoms with E-state index < -0.39 is 96.6 Å². The molecule has 0 aliphatic carbocycles. The monoisotopic (exact) mass is 961 g/mol. The molecule has 68 heavy (non-hydrogen) atoms. The summed E-state index contributed by atoms with van der Waals surface area (Å²) in [4.78, 5) is 120. The molecule has 0 saturated heterocycles. The summed E-state index contributed by atoms with van der Waals surface area (Å²) in [5.41, 5.74) is 19.5. The van der Waals surface area contributed by atoms with Crippen LogP contribution < -0.4 is 49.1 Å². The average Bonchev–Trinajstić information content (AvgIpc) is 3.99. The van der Waals surface area contributed by atoms with E-state index in [4.69, 9.17) is 17.2 Å². The number of H-pyrrole nitrogens is 2. The number of amides is 6. The van der Waals surface area contributed by atoms with Crippen molar-refractivity contribution in [1.82, 2.24) is 46.9 Å². The molecule has 2 aromatic carbocycles. The number of nitrogens with two attached hydrogens (primary N) is 3. The van der Waals surface area contributed by atoms with Crippen molar-refractivity contribution in [2.24, 2.45) is 22.2 Å². The number of nitrogens with zero attached hydrogens (tertiary/aromatic N) is 2. The second-order valence-corrected chi connectivity index (χ2v) is 16.7. The van der Waals surface area contributed by atoms with E-state index in [0.717, 1.165) is 10.9 Å². The molecule has 6 atom stereocenters. The lowest BCUT2D eigenvalue weighted by atomic mass is 10.0. The molecule has 0 saturated carbocycles. The van der Waals surface area contributed by atoms with Crippen LogP contribution in [-0.4, -0.2) is 140 Å². The lowest BCUT2D eigenvalue weighted by molar-refractivity contribution is -0.139. The maximum atomic E-state index is 14.5. The van der Waals surface area contributed by atoms with Crippen molar-refractivity contribution in [3.8, 4) is 0 Å². The van der Waals surface area contributed by atoms with Gasteiger partial charge in [-0.05, 0) is 54.9 Å². The first-order valence-corrected chi connectivity index (χ1v) is 23.0. The van der Waals surface area contributed by atoms with E-state index >= 15 is 0 Å². The molecule has 4 rings (SSSR count). The molecular weight excluding hydrogens is 903 g/mol. The van der Waals surface area contributed by atoms with Gasteiger partial charge in [0.25, 0.3) is 0 Å². The van der Waals surface area contributed by atoms with Crippen LogP contribution in [0.2, 0.25) is 0 Å². The highest BCUT2D eigenvalue weighted by molar-refractivity contribution is 7.98. The summed E-state index contributed by atoms with van der Waals surface area (Å²) in [7, 11) is 0. The van der Waals surface area contributed by atoms with Gasteiger partial charge >= 0.3 is 11.9 Å². The Labute approximate surface area is 395 Å². The van der Waals surface area contributed by atoms with Crippen molar-refractivity contribution >= 4 is 76.0 Å². The number of rotatable bonds is 29. The molecule has 0 unspecified atom stereocenters. The molecule has 4 aromatic rings. The zero-order chi connectivity index (χ0) is 49.6. The van der Waals surface area contributed by atoms with Gasteiger partial charge in [0.05, 0.1) is 12.4 Å². The number of thioether (sulfide) groups is 1. The first-order valence-electron chi connectivity index (χ1n) is 21.6. The third-order valence-electron chi connectivity index (χ3n) is 10.5. The number of aliphatic imine (C=N–C) groups is 1. The molecule has 16 N–H and O–H groups in total. The van der Waals surface area contributed by atoms with Crippen molar-refractivity contribution in [3.63, 3.8) is 0 Å². The van der Waals surface area contributed by atoms with E-state index in [1.54, 1.807) is 42.6 Å². The summed E-state index contributed by atoms with van der Waals surface area (Å²) in [6.07, 6.45) is 5.40. The minimum absolute atomic E-state index is 0.0522. The smallest absolute Gasteiger partial charge is 0.322 e. The molecule has 24 heteroatoms. The van der Waals surface area contributed by atoms with E-state index in [9.17, 15) is 48.6 Å². The number of fused-ring (bicyclic) bond motifs is 1. The maximum absolute atomic E-state index is 14.5. The third kappa shape index (κ3) is 17.7. The molecule has 6 amide bonds. The molecular formula is C44H59N13O10S. The topological polar surface area (TPSA) is 384 Å². The van der Waals surface area contributed by atoms with E-state index in [1.807, 2.05) is 24.5 Å². The van der Waals surface area contributed by atoms with E-state index in [0.29, 0.717) is 22.6 Å². The zero-order valence-corrected chi connectivity index (χ0v) is 38.2. The number of benzene rings is 2. The molecule has 0 spiro atoms. The highest BCUT2D eigenvalue weighted by Crippen LogP contribution is 2.20. The van der Waals surface area contributed by atoms with E-state index in [-0.39, 0.29) is 57.5 Å². The molecule has 0 radical (unpaired) electrons. The standard InChI is InChI=1S/C44H59N13O10S/c1-68-17-15-29(45)38(62)53-32(13-14-36(58)59)41(65)57-35(20-27-22-48-24-52-27)43(67)55-33(18-25-8-3-2-4-9-25)42(66)54-31(12-7-16-49-44(46)47)40(64)56-34(39(63)51-23-37(60)61)19-26-21-50-30-11-6-5-10-28(26)30/h2-6,8-11,21-22,24,29,31-35,50H,7,12-20,23,45H2,1H3,(H,48,52)(H,51,63)(H,53,62)(H,54,66)(H,55,67)(H,56,64)(H,57,65)(H,58,59)(H,60,61)(H4,46,47,49)/t29-,31-,32+,33+,34+,35+/m0/s1. The van der Waals surface area contributed by atoms with Gasteiger partial charge in [0.15, 0.2) is 5.96 Å². The van der Waals surface area contributed by atoms with Gasteiger partial charge in [0.2, 0.25) is 35.4 Å². The number of hydrogen-bond donors (Lipinski definition) is 13.